The molecule has 2 aliphatic rings. The summed E-state index contributed by atoms with van der Waals surface area (Å²) < 4.78 is 11.4. The third kappa shape index (κ3) is 3.86. The number of ether oxygens (including phenoxy) is 2. The second-order valence-electron chi connectivity index (χ2n) is 5.07. The van der Waals surface area contributed by atoms with Crippen molar-refractivity contribution in [2.24, 2.45) is 5.92 Å². The van der Waals surface area contributed by atoms with Crippen LogP contribution < -0.4 is 0 Å². The summed E-state index contributed by atoms with van der Waals surface area (Å²) in [6, 6.07) is 0. The van der Waals surface area contributed by atoms with E-state index in [1.54, 1.807) is 0 Å². The second kappa shape index (κ2) is 5.59. The molecule has 0 aromatic rings. The number of carbonyl (C=O) groups is 1. The first-order chi connectivity index (χ1) is 8.07. The van der Waals surface area contributed by atoms with Crippen LogP contribution in [0.15, 0.2) is 0 Å². The quantitative estimate of drug-likeness (QED) is 0.839. The molecule has 0 aromatic carbocycles. The predicted molar refractivity (Wildman–Crippen MR) is 66.1 cm³/mol. The van der Waals surface area contributed by atoms with Gasteiger partial charge < -0.3 is 14.6 Å². The number of carboxylic acid groups (broad SMARTS) is 1. The summed E-state index contributed by atoms with van der Waals surface area (Å²) in [5.41, 5.74) is 0. The van der Waals surface area contributed by atoms with Gasteiger partial charge in [-0.2, -0.15) is 11.8 Å². The van der Waals surface area contributed by atoms with Crippen LogP contribution in [0.5, 0.6) is 0 Å². The molecule has 3 unspecified atom stereocenters. The van der Waals surface area contributed by atoms with Crippen LogP contribution in [0.25, 0.3) is 0 Å². The average molecular weight is 260 g/mol. The van der Waals surface area contributed by atoms with E-state index in [1.807, 2.05) is 18.7 Å². The number of carboxylic acids is 1. The fourth-order valence-corrected chi connectivity index (χ4v) is 3.74. The minimum absolute atomic E-state index is 0.0367. The first-order valence-electron chi connectivity index (χ1n) is 6.19. The number of rotatable bonds is 4. The predicted octanol–water partition coefficient (Wildman–Crippen LogP) is 2.13. The number of hydrogen-bond acceptors (Lipinski definition) is 4. The fourth-order valence-electron chi connectivity index (χ4n) is 2.58. The number of hydrogen-bond donors (Lipinski definition) is 1. The first kappa shape index (κ1) is 13.2. The van der Waals surface area contributed by atoms with E-state index in [4.69, 9.17) is 14.6 Å². The van der Waals surface area contributed by atoms with Gasteiger partial charge in [0.05, 0.1) is 19.1 Å². The molecule has 98 valence electrons. The molecule has 2 saturated heterocycles. The second-order valence-corrected chi connectivity index (χ2v) is 6.22. The normalized spacial score (nSPS) is 38.2. The molecule has 0 aromatic heterocycles. The van der Waals surface area contributed by atoms with Crippen molar-refractivity contribution in [3.8, 4) is 0 Å². The highest BCUT2D eigenvalue weighted by atomic mass is 32.2. The molecule has 0 radical (unpaired) electrons. The molecule has 17 heavy (non-hydrogen) atoms. The molecule has 0 aliphatic carbocycles. The van der Waals surface area contributed by atoms with E-state index in [9.17, 15) is 4.79 Å². The van der Waals surface area contributed by atoms with Gasteiger partial charge in [0.25, 0.3) is 0 Å². The standard InChI is InChI=1S/C12H20O4S/c1-12(6-9-3-2-4-17-8-9)15-7-10(16-12)5-11(13)14/h9-10H,2-8H2,1H3,(H,13,14). The third-order valence-corrected chi connectivity index (χ3v) is 4.59. The van der Waals surface area contributed by atoms with E-state index in [1.165, 1.54) is 24.3 Å². The van der Waals surface area contributed by atoms with Crippen molar-refractivity contribution in [1.29, 1.82) is 0 Å². The minimum atomic E-state index is -0.823. The lowest BCUT2D eigenvalue weighted by atomic mass is 9.97. The van der Waals surface area contributed by atoms with Crippen LogP contribution in [-0.2, 0) is 14.3 Å². The molecule has 1 N–H and O–H groups in total. The van der Waals surface area contributed by atoms with Gasteiger partial charge in [-0.1, -0.05) is 0 Å². The van der Waals surface area contributed by atoms with Crippen molar-refractivity contribution in [3.63, 3.8) is 0 Å². The van der Waals surface area contributed by atoms with Gasteiger partial charge in [-0.05, 0) is 37.2 Å². The molecule has 2 fully saturated rings. The maximum atomic E-state index is 10.6. The summed E-state index contributed by atoms with van der Waals surface area (Å²) in [5, 5.41) is 8.73. The lowest BCUT2D eigenvalue weighted by Gasteiger charge is -2.30. The zero-order chi connectivity index (χ0) is 12.3. The monoisotopic (exact) mass is 260 g/mol. The number of thioether (sulfide) groups is 1. The fraction of sp³-hybridized carbons (Fsp3) is 0.917. The highest BCUT2D eigenvalue weighted by Gasteiger charge is 2.39. The van der Waals surface area contributed by atoms with Crippen molar-refractivity contribution in [1.82, 2.24) is 0 Å². The molecular formula is C12H20O4S. The van der Waals surface area contributed by atoms with E-state index in [2.05, 4.69) is 0 Å². The Labute approximate surface area is 106 Å². The Morgan fingerprint density at radius 2 is 2.41 bits per heavy atom. The van der Waals surface area contributed by atoms with Crippen molar-refractivity contribution in [2.45, 2.75) is 44.5 Å². The topological polar surface area (TPSA) is 55.8 Å². The van der Waals surface area contributed by atoms with Crippen molar-refractivity contribution >= 4 is 17.7 Å². The molecule has 2 aliphatic heterocycles. The summed E-state index contributed by atoms with van der Waals surface area (Å²) in [7, 11) is 0. The molecule has 2 rings (SSSR count). The summed E-state index contributed by atoms with van der Waals surface area (Å²) in [6.07, 6.45) is 3.14. The van der Waals surface area contributed by atoms with Crippen LogP contribution in [-0.4, -0.2) is 41.1 Å². The van der Waals surface area contributed by atoms with Gasteiger partial charge in [0.1, 0.15) is 0 Å². The maximum Gasteiger partial charge on any atom is 0.306 e. The zero-order valence-electron chi connectivity index (χ0n) is 10.2. The van der Waals surface area contributed by atoms with Crippen LogP contribution in [0.1, 0.15) is 32.6 Å². The molecule has 3 atom stereocenters. The molecule has 5 heteroatoms. The van der Waals surface area contributed by atoms with E-state index in [0.717, 1.165) is 6.42 Å². The zero-order valence-corrected chi connectivity index (χ0v) is 11.0. The van der Waals surface area contributed by atoms with Crippen molar-refractivity contribution in [3.05, 3.63) is 0 Å². The Morgan fingerprint density at radius 1 is 1.59 bits per heavy atom. The number of aliphatic carboxylic acids is 1. The molecule has 0 bridgehead atoms. The van der Waals surface area contributed by atoms with Crippen molar-refractivity contribution < 1.29 is 19.4 Å². The smallest absolute Gasteiger partial charge is 0.306 e. The summed E-state index contributed by atoms with van der Waals surface area (Å²) >= 11 is 1.99. The molecule has 4 nitrogen and oxygen atoms in total. The van der Waals surface area contributed by atoms with E-state index < -0.39 is 11.8 Å². The van der Waals surface area contributed by atoms with Crippen molar-refractivity contribution in [2.75, 3.05) is 18.1 Å². The van der Waals surface area contributed by atoms with Gasteiger partial charge in [-0.25, -0.2) is 0 Å². The largest absolute Gasteiger partial charge is 0.481 e. The minimum Gasteiger partial charge on any atom is -0.481 e. The van der Waals surface area contributed by atoms with Gasteiger partial charge in [0, 0.05) is 6.42 Å². The van der Waals surface area contributed by atoms with Gasteiger partial charge in [-0.3, -0.25) is 4.79 Å². The van der Waals surface area contributed by atoms with Crippen LogP contribution in [0.4, 0.5) is 0 Å². The van der Waals surface area contributed by atoms with E-state index in [0.29, 0.717) is 12.5 Å². The Balaban J connectivity index is 1.81. The maximum absolute atomic E-state index is 10.6. The highest BCUT2D eigenvalue weighted by Crippen LogP contribution is 2.35. The SMILES string of the molecule is CC1(CC2CCCSC2)OCC(CC(=O)O)O1. The Kier molecular flexibility index (Phi) is 4.33. The molecular weight excluding hydrogens is 240 g/mol. The Bertz CT molecular complexity index is 278. The Hall–Kier alpha value is -0.260. The highest BCUT2D eigenvalue weighted by molar-refractivity contribution is 7.99. The van der Waals surface area contributed by atoms with Crippen LogP contribution in [0.3, 0.4) is 0 Å². The molecule has 0 saturated carbocycles. The van der Waals surface area contributed by atoms with E-state index >= 15 is 0 Å². The van der Waals surface area contributed by atoms with Crippen LogP contribution in [0, 0.1) is 5.92 Å². The lowest BCUT2D eigenvalue weighted by Crippen LogP contribution is -2.32. The third-order valence-electron chi connectivity index (χ3n) is 3.31. The van der Waals surface area contributed by atoms with Crippen LogP contribution >= 0.6 is 11.8 Å². The summed E-state index contributed by atoms with van der Waals surface area (Å²) in [6.45, 7) is 2.34. The summed E-state index contributed by atoms with van der Waals surface area (Å²) in [4.78, 5) is 10.6. The first-order valence-corrected chi connectivity index (χ1v) is 7.34. The Morgan fingerprint density at radius 3 is 3.06 bits per heavy atom. The van der Waals surface area contributed by atoms with Crippen LogP contribution in [0.2, 0.25) is 0 Å². The van der Waals surface area contributed by atoms with E-state index in [-0.39, 0.29) is 12.5 Å². The van der Waals surface area contributed by atoms with Gasteiger partial charge >= 0.3 is 5.97 Å². The summed E-state index contributed by atoms with van der Waals surface area (Å²) in [5.74, 6) is 1.68. The van der Waals surface area contributed by atoms with Gasteiger partial charge in [0.15, 0.2) is 5.79 Å². The molecule has 2 heterocycles. The lowest BCUT2D eigenvalue weighted by molar-refractivity contribution is -0.168. The molecule has 0 spiro atoms. The van der Waals surface area contributed by atoms with Gasteiger partial charge in [-0.15, -0.1) is 0 Å². The molecule has 0 amide bonds. The average Bonchev–Trinajstić information content (AvgIpc) is 2.60. The van der Waals surface area contributed by atoms with Gasteiger partial charge in [0.2, 0.25) is 0 Å².